The second-order valence-corrected chi connectivity index (χ2v) is 4.74. The normalized spacial score (nSPS) is 11.6. The molecule has 0 bridgehead atoms. The van der Waals surface area contributed by atoms with Crippen molar-refractivity contribution in [3.8, 4) is 11.5 Å². The third kappa shape index (κ3) is 3.91. The van der Waals surface area contributed by atoms with Crippen molar-refractivity contribution in [1.82, 2.24) is 20.8 Å². The molecule has 0 spiro atoms. The van der Waals surface area contributed by atoms with Crippen LogP contribution in [0, 0.1) is 0 Å². The van der Waals surface area contributed by atoms with Crippen LogP contribution >= 0.6 is 0 Å². The van der Waals surface area contributed by atoms with Crippen LogP contribution in [0.3, 0.4) is 0 Å². The number of nitrogens with zero attached hydrogens (tertiary/aromatic N) is 1. The lowest BCUT2D eigenvalue weighted by atomic mass is 10.1. The van der Waals surface area contributed by atoms with Gasteiger partial charge < -0.3 is 20.1 Å². The molecule has 2 aromatic rings. The van der Waals surface area contributed by atoms with Gasteiger partial charge in [-0.2, -0.15) is 5.10 Å². The molecule has 1 aromatic carbocycles. The summed E-state index contributed by atoms with van der Waals surface area (Å²) in [6, 6.07) is 6.77. The molecular formula is C15H20N4O3. The molecule has 118 valence electrons. The summed E-state index contributed by atoms with van der Waals surface area (Å²) in [6.45, 7) is 2.26. The van der Waals surface area contributed by atoms with Gasteiger partial charge in [-0.05, 0) is 31.2 Å². The number of benzene rings is 1. The molecule has 22 heavy (non-hydrogen) atoms. The summed E-state index contributed by atoms with van der Waals surface area (Å²) in [6.07, 6.45) is 1.64. The minimum atomic E-state index is -0.271. The van der Waals surface area contributed by atoms with Gasteiger partial charge in [-0.1, -0.05) is 0 Å². The SMILES string of the molecule is COc1ccc(OC)c(C(C)NC(=O)NCc2ccn[nH]2)c1. The largest absolute Gasteiger partial charge is 0.497 e. The monoisotopic (exact) mass is 304 g/mol. The summed E-state index contributed by atoms with van der Waals surface area (Å²) in [5.74, 6) is 1.41. The minimum Gasteiger partial charge on any atom is -0.497 e. The Morgan fingerprint density at radius 2 is 2.14 bits per heavy atom. The quantitative estimate of drug-likeness (QED) is 0.761. The summed E-state index contributed by atoms with van der Waals surface area (Å²) < 4.78 is 10.5. The number of hydrogen-bond donors (Lipinski definition) is 3. The second-order valence-electron chi connectivity index (χ2n) is 4.74. The second kappa shape index (κ2) is 7.35. The molecule has 7 heteroatoms. The number of nitrogens with one attached hydrogen (secondary N) is 3. The zero-order valence-corrected chi connectivity index (χ0v) is 12.8. The summed E-state index contributed by atoms with van der Waals surface area (Å²) in [7, 11) is 3.19. The van der Waals surface area contributed by atoms with Gasteiger partial charge in [0, 0.05) is 11.8 Å². The lowest BCUT2D eigenvalue weighted by Gasteiger charge is -2.18. The molecule has 2 amide bonds. The van der Waals surface area contributed by atoms with Crippen LogP contribution in [0.1, 0.15) is 24.2 Å². The van der Waals surface area contributed by atoms with Gasteiger partial charge in [0.2, 0.25) is 0 Å². The van der Waals surface area contributed by atoms with Crippen molar-refractivity contribution >= 4 is 6.03 Å². The van der Waals surface area contributed by atoms with Gasteiger partial charge in [0.05, 0.1) is 32.5 Å². The van der Waals surface area contributed by atoms with E-state index in [1.807, 2.05) is 25.1 Å². The lowest BCUT2D eigenvalue weighted by Crippen LogP contribution is -2.36. The number of methoxy groups -OCH3 is 2. The molecule has 7 nitrogen and oxygen atoms in total. The number of aromatic nitrogens is 2. The molecule has 2 rings (SSSR count). The first kappa shape index (κ1) is 15.7. The summed E-state index contributed by atoms with van der Waals surface area (Å²) in [5, 5.41) is 12.2. The first-order chi connectivity index (χ1) is 10.6. The standard InChI is InChI=1S/C15H20N4O3/c1-10(13-8-12(21-2)4-5-14(13)22-3)18-15(20)16-9-11-6-7-17-19-11/h4-8,10H,9H2,1-3H3,(H,17,19)(H2,16,18,20). The maximum Gasteiger partial charge on any atom is 0.315 e. The van der Waals surface area contributed by atoms with Gasteiger partial charge in [-0.15, -0.1) is 0 Å². The van der Waals surface area contributed by atoms with Crippen molar-refractivity contribution in [2.45, 2.75) is 19.5 Å². The molecule has 1 unspecified atom stereocenters. The van der Waals surface area contributed by atoms with Gasteiger partial charge in [0.1, 0.15) is 11.5 Å². The number of H-pyrrole nitrogens is 1. The Hall–Kier alpha value is -2.70. The average molecular weight is 304 g/mol. The first-order valence-electron chi connectivity index (χ1n) is 6.88. The zero-order valence-electron chi connectivity index (χ0n) is 12.8. The van der Waals surface area contributed by atoms with Crippen LogP contribution in [0.4, 0.5) is 4.79 Å². The van der Waals surface area contributed by atoms with Crippen molar-refractivity contribution in [3.05, 3.63) is 41.7 Å². The Kier molecular flexibility index (Phi) is 5.24. The molecule has 0 aliphatic carbocycles. The van der Waals surface area contributed by atoms with E-state index in [0.29, 0.717) is 18.0 Å². The van der Waals surface area contributed by atoms with E-state index in [9.17, 15) is 4.79 Å². The highest BCUT2D eigenvalue weighted by Gasteiger charge is 2.15. The van der Waals surface area contributed by atoms with Gasteiger partial charge in [0.15, 0.2) is 0 Å². The lowest BCUT2D eigenvalue weighted by molar-refractivity contribution is 0.237. The summed E-state index contributed by atoms with van der Waals surface area (Å²) in [4.78, 5) is 11.9. The topological polar surface area (TPSA) is 88.3 Å². The average Bonchev–Trinajstić information content (AvgIpc) is 3.05. The first-order valence-corrected chi connectivity index (χ1v) is 6.88. The molecule has 0 saturated carbocycles. The third-order valence-electron chi connectivity index (χ3n) is 3.25. The fraction of sp³-hybridized carbons (Fsp3) is 0.333. The zero-order chi connectivity index (χ0) is 15.9. The van der Waals surface area contributed by atoms with Crippen molar-refractivity contribution in [1.29, 1.82) is 0 Å². The van der Waals surface area contributed by atoms with Gasteiger partial charge >= 0.3 is 6.03 Å². The van der Waals surface area contributed by atoms with E-state index in [1.165, 1.54) is 0 Å². The van der Waals surface area contributed by atoms with Crippen LogP contribution in [-0.2, 0) is 6.54 Å². The van der Waals surface area contributed by atoms with E-state index < -0.39 is 0 Å². The minimum absolute atomic E-state index is 0.230. The molecule has 3 N–H and O–H groups in total. The molecule has 0 aliphatic rings. The highest BCUT2D eigenvalue weighted by Crippen LogP contribution is 2.29. The predicted octanol–water partition coefficient (Wildman–Crippen LogP) is 1.99. The van der Waals surface area contributed by atoms with Crippen LogP contribution in [0.5, 0.6) is 11.5 Å². The van der Waals surface area contributed by atoms with Crippen LogP contribution in [-0.4, -0.2) is 30.4 Å². The van der Waals surface area contributed by atoms with E-state index >= 15 is 0 Å². The number of hydrogen-bond acceptors (Lipinski definition) is 4. The maximum absolute atomic E-state index is 11.9. The fourth-order valence-corrected chi connectivity index (χ4v) is 2.06. The van der Waals surface area contributed by atoms with E-state index in [-0.39, 0.29) is 12.1 Å². The van der Waals surface area contributed by atoms with Gasteiger partial charge in [-0.3, -0.25) is 5.10 Å². The van der Waals surface area contributed by atoms with Crippen molar-refractivity contribution in [3.63, 3.8) is 0 Å². The molecule has 1 atom stereocenters. The number of urea groups is 1. The fourth-order valence-electron chi connectivity index (χ4n) is 2.06. The molecule has 0 fully saturated rings. The number of amides is 2. The summed E-state index contributed by atoms with van der Waals surface area (Å²) >= 11 is 0. The van der Waals surface area contributed by atoms with Crippen molar-refractivity contribution < 1.29 is 14.3 Å². The Bertz CT molecular complexity index is 613. The van der Waals surface area contributed by atoms with E-state index in [0.717, 1.165) is 11.3 Å². The Morgan fingerprint density at radius 1 is 1.32 bits per heavy atom. The van der Waals surface area contributed by atoms with Crippen LogP contribution < -0.4 is 20.1 Å². The van der Waals surface area contributed by atoms with E-state index in [2.05, 4.69) is 20.8 Å². The van der Waals surface area contributed by atoms with Crippen LogP contribution in [0.25, 0.3) is 0 Å². The highest BCUT2D eigenvalue weighted by atomic mass is 16.5. The molecule has 1 heterocycles. The van der Waals surface area contributed by atoms with Crippen LogP contribution in [0.15, 0.2) is 30.5 Å². The predicted molar refractivity (Wildman–Crippen MR) is 81.9 cm³/mol. The van der Waals surface area contributed by atoms with Crippen LogP contribution in [0.2, 0.25) is 0 Å². The number of rotatable bonds is 6. The van der Waals surface area contributed by atoms with Gasteiger partial charge in [0.25, 0.3) is 0 Å². The maximum atomic E-state index is 11.9. The van der Waals surface area contributed by atoms with Gasteiger partial charge in [-0.25, -0.2) is 4.79 Å². The van der Waals surface area contributed by atoms with Crippen molar-refractivity contribution in [2.75, 3.05) is 14.2 Å². The Balaban J connectivity index is 1.98. The summed E-state index contributed by atoms with van der Waals surface area (Å²) in [5.41, 5.74) is 1.68. The molecule has 1 aromatic heterocycles. The Morgan fingerprint density at radius 3 is 2.77 bits per heavy atom. The molecule has 0 saturated heterocycles. The van der Waals surface area contributed by atoms with Crippen molar-refractivity contribution in [2.24, 2.45) is 0 Å². The number of carbonyl (C=O) groups excluding carboxylic acids is 1. The van der Waals surface area contributed by atoms with E-state index in [4.69, 9.17) is 9.47 Å². The number of carbonyl (C=O) groups is 1. The number of ether oxygens (including phenoxy) is 2. The molecule has 0 radical (unpaired) electrons. The molecular weight excluding hydrogens is 284 g/mol. The smallest absolute Gasteiger partial charge is 0.315 e. The Labute approximate surface area is 129 Å². The van der Waals surface area contributed by atoms with E-state index in [1.54, 1.807) is 26.5 Å². The highest BCUT2D eigenvalue weighted by molar-refractivity contribution is 5.74. The third-order valence-corrected chi connectivity index (χ3v) is 3.25. The number of aromatic amines is 1. The molecule has 0 aliphatic heterocycles.